The molecule has 2 aromatic carbocycles. The monoisotopic (exact) mass is 470 g/mol. The second-order valence-corrected chi connectivity index (χ2v) is 8.93. The van der Waals surface area contributed by atoms with Crippen molar-refractivity contribution < 1.29 is 14.3 Å². The highest BCUT2D eigenvalue weighted by Gasteiger charge is 2.20. The molecule has 1 saturated heterocycles. The van der Waals surface area contributed by atoms with Gasteiger partial charge in [0.05, 0.1) is 29.8 Å². The zero-order chi connectivity index (χ0) is 23.9. The summed E-state index contributed by atoms with van der Waals surface area (Å²) in [5.41, 5.74) is 2.33. The molecule has 1 aliphatic heterocycles. The van der Waals surface area contributed by atoms with Crippen molar-refractivity contribution in [2.75, 3.05) is 39.4 Å². The summed E-state index contributed by atoms with van der Waals surface area (Å²) in [6.07, 6.45) is 1.12. The van der Waals surface area contributed by atoms with Crippen LogP contribution in [0.3, 0.4) is 0 Å². The number of amides is 1. The molecule has 35 heavy (non-hydrogen) atoms. The van der Waals surface area contributed by atoms with Crippen LogP contribution in [0.5, 0.6) is 5.75 Å². The zero-order valence-corrected chi connectivity index (χ0v) is 19.5. The molecule has 1 atom stereocenters. The van der Waals surface area contributed by atoms with Crippen LogP contribution in [-0.4, -0.2) is 65.7 Å². The molecule has 0 saturated carbocycles. The first kappa shape index (κ1) is 21.8. The Morgan fingerprint density at radius 2 is 1.89 bits per heavy atom. The molecular formula is C27H26N4O4. The van der Waals surface area contributed by atoms with E-state index in [0.717, 1.165) is 65.6 Å². The van der Waals surface area contributed by atoms with Gasteiger partial charge in [0.2, 0.25) is 0 Å². The normalized spacial score (nSPS) is 15.8. The quantitative estimate of drug-likeness (QED) is 0.384. The minimum absolute atomic E-state index is 0.0669. The third-order valence-corrected chi connectivity index (χ3v) is 6.78. The van der Waals surface area contributed by atoms with E-state index in [-0.39, 0.29) is 11.5 Å². The van der Waals surface area contributed by atoms with Gasteiger partial charge >= 0.3 is 0 Å². The number of carbonyl (C=O) groups excluding carboxylic acids is 1. The summed E-state index contributed by atoms with van der Waals surface area (Å²) in [6, 6.07) is 15.1. The standard InChI is InChI=1S/C27H26N4O4/c1-17(26(32)29-10-11-30-12-14-34-15-13-30)35-18-6-7-23-22(16-18)20-8-9-28-24-19-4-2-3-5-21(19)27(33)31(23)25(20)24/h2-9,16-17H,10-15H2,1H3,(H,29,32). The average molecular weight is 471 g/mol. The van der Waals surface area contributed by atoms with Crippen LogP contribution in [0.4, 0.5) is 0 Å². The number of aromatic nitrogens is 2. The van der Waals surface area contributed by atoms with Crippen molar-refractivity contribution in [1.82, 2.24) is 19.6 Å². The molecule has 6 rings (SSSR count). The Labute approximate surface area is 201 Å². The summed E-state index contributed by atoms with van der Waals surface area (Å²) >= 11 is 0. The van der Waals surface area contributed by atoms with Crippen LogP contribution in [0.25, 0.3) is 38.1 Å². The molecule has 4 heterocycles. The zero-order valence-electron chi connectivity index (χ0n) is 19.5. The minimum atomic E-state index is -0.649. The van der Waals surface area contributed by atoms with Crippen LogP contribution in [0.1, 0.15) is 6.92 Å². The topological polar surface area (TPSA) is 85.2 Å². The number of fused-ring (bicyclic) bond motifs is 5. The van der Waals surface area contributed by atoms with Gasteiger partial charge in [0.15, 0.2) is 6.10 Å². The Morgan fingerprint density at radius 1 is 1.09 bits per heavy atom. The van der Waals surface area contributed by atoms with Gasteiger partial charge in [0.25, 0.3) is 11.5 Å². The van der Waals surface area contributed by atoms with Gasteiger partial charge in [-0.25, -0.2) is 0 Å². The number of ether oxygens (including phenoxy) is 2. The number of nitrogens with zero attached hydrogens (tertiary/aromatic N) is 3. The molecule has 0 spiro atoms. The van der Waals surface area contributed by atoms with Gasteiger partial charge in [-0.15, -0.1) is 0 Å². The fourth-order valence-electron chi connectivity index (χ4n) is 4.99. The average Bonchev–Trinajstić information content (AvgIpc) is 3.22. The molecule has 1 amide bonds. The van der Waals surface area contributed by atoms with Crippen molar-refractivity contribution in [3.8, 4) is 5.75 Å². The summed E-state index contributed by atoms with van der Waals surface area (Å²) in [6.45, 7) is 6.36. The van der Waals surface area contributed by atoms with Crippen LogP contribution in [0.15, 0.2) is 59.5 Å². The highest BCUT2D eigenvalue weighted by atomic mass is 16.5. The van der Waals surface area contributed by atoms with E-state index >= 15 is 0 Å². The number of hydrogen-bond donors (Lipinski definition) is 1. The maximum absolute atomic E-state index is 13.4. The third-order valence-electron chi connectivity index (χ3n) is 6.78. The first-order valence-electron chi connectivity index (χ1n) is 11.9. The van der Waals surface area contributed by atoms with Crippen LogP contribution in [-0.2, 0) is 9.53 Å². The molecule has 8 nitrogen and oxygen atoms in total. The molecule has 1 unspecified atom stereocenters. The van der Waals surface area contributed by atoms with Crippen LogP contribution < -0.4 is 15.6 Å². The Kier molecular flexibility index (Phi) is 5.47. The summed E-state index contributed by atoms with van der Waals surface area (Å²) in [5, 5.41) is 6.26. The van der Waals surface area contributed by atoms with Crippen molar-refractivity contribution in [2.45, 2.75) is 13.0 Å². The number of carbonyl (C=O) groups is 1. The summed E-state index contributed by atoms with van der Waals surface area (Å²) in [7, 11) is 0. The van der Waals surface area contributed by atoms with E-state index in [1.54, 1.807) is 17.5 Å². The summed E-state index contributed by atoms with van der Waals surface area (Å²) in [4.78, 5) is 32.8. The molecule has 8 heteroatoms. The lowest BCUT2D eigenvalue weighted by Crippen LogP contribution is -2.43. The lowest BCUT2D eigenvalue weighted by molar-refractivity contribution is -0.127. The summed E-state index contributed by atoms with van der Waals surface area (Å²) < 4.78 is 13.1. The van der Waals surface area contributed by atoms with Gasteiger partial charge in [-0.05, 0) is 37.3 Å². The van der Waals surface area contributed by atoms with Crippen molar-refractivity contribution in [3.63, 3.8) is 0 Å². The number of morpholine rings is 1. The number of nitrogens with one attached hydrogen (secondary N) is 1. The van der Waals surface area contributed by atoms with Crippen LogP contribution >= 0.6 is 0 Å². The molecule has 1 N–H and O–H groups in total. The van der Waals surface area contributed by atoms with Gasteiger partial charge in [-0.2, -0.15) is 0 Å². The third kappa shape index (κ3) is 3.75. The largest absolute Gasteiger partial charge is 0.481 e. The fraction of sp³-hybridized carbons (Fsp3) is 0.296. The molecule has 5 aromatic rings. The lowest BCUT2D eigenvalue weighted by atomic mass is 10.1. The molecule has 178 valence electrons. The van der Waals surface area contributed by atoms with E-state index in [1.807, 2.05) is 48.5 Å². The van der Waals surface area contributed by atoms with Crippen molar-refractivity contribution in [3.05, 3.63) is 65.1 Å². The molecule has 1 aliphatic rings. The minimum Gasteiger partial charge on any atom is -0.481 e. The van der Waals surface area contributed by atoms with Gasteiger partial charge in [-0.1, -0.05) is 18.2 Å². The van der Waals surface area contributed by atoms with Crippen molar-refractivity contribution >= 4 is 44.0 Å². The van der Waals surface area contributed by atoms with Crippen LogP contribution in [0.2, 0.25) is 0 Å². The first-order chi connectivity index (χ1) is 17.1. The van der Waals surface area contributed by atoms with Crippen molar-refractivity contribution in [1.29, 1.82) is 0 Å². The number of pyridine rings is 2. The second kappa shape index (κ2) is 8.79. The number of rotatable bonds is 6. The van der Waals surface area contributed by atoms with Crippen LogP contribution in [0, 0.1) is 0 Å². The highest BCUT2D eigenvalue weighted by Crippen LogP contribution is 2.34. The molecule has 1 fully saturated rings. The summed E-state index contributed by atoms with van der Waals surface area (Å²) in [5.74, 6) is 0.422. The SMILES string of the molecule is CC(Oc1ccc2c(c1)c1ccnc3c4ccccc4c(=O)n2c13)C(=O)NCCN1CCOCC1. The first-order valence-corrected chi connectivity index (χ1v) is 11.9. The van der Waals surface area contributed by atoms with E-state index in [2.05, 4.69) is 15.2 Å². The maximum Gasteiger partial charge on any atom is 0.263 e. The Hall–Kier alpha value is -3.75. The van der Waals surface area contributed by atoms with E-state index in [1.165, 1.54) is 0 Å². The van der Waals surface area contributed by atoms with Gasteiger partial charge in [0.1, 0.15) is 5.75 Å². The molecule has 0 bridgehead atoms. The maximum atomic E-state index is 13.4. The predicted molar refractivity (Wildman–Crippen MR) is 136 cm³/mol. The predicted octanol–water partition coefficient (Wildman–Crippen LogP) is 2.81. The fourth-order valence-corrected chi connectivity index (χ4v) is 4.99. The van der Waals surface area contributed by atoms with Gasteiger partial charge < -0.3 is 14.8 Å². The molecule has 3 aromatic heterocycles. The van der Waals surface area contributed by atoms with E-state index in [4.69, 9.17) is 9.47 Å². The van der Waals surface area contributed by atoms with E-state index in [9.17, 15) is 9.59 Å². The second-order valence-electron chi connectivity index (χ2n) is 8.93. The Morgan fingerprint density at radius 3 is 2.71 bits per heavy atom. The van der Waals surface area contributed by atoms with Gasteiger partial charge in [0, 0.05) is 53.9 Å². The Bertz CT molecular complexity index is 1610. The smallest absolute Gasteiger partial charge is 0.263 e. The van der Waals surface area contributed by atoms with E-state index in [0.29, 0.717) is 17.7 Å². The number of hydrogen-bond acceptors (Lipinski definition) is 6. The van der Waals surface area contributed by atoms with E-state index < -0.39 is 6.10 Å². The lowest BCUT2D eigenvalue weighted by Gasteiger charge is -2.26. The van der Waals surface area contributed by atoms with Crippen molar-refractivity contribution in [2.24, 2.45) is 0 Å². The van der Waals surface area contributed by atoms with Gasteiger partial charge in [-0.3, -0.25) is 23.9 Å². The molecule has 0 aliphatic carbocycles. The number of benzene rings is 2. The molecular weight excluding hydrogens is 444 g/mol. The highest BCUT2D eigenvalue weighted by molar-refractivity contribution is 6.18. The Balaban J connectivity index is 1.29. The molecule has 0 radical (unpaired) electrons.